The SMILES string of the molecule is NCCC1CCCCCN1C1CC1. The summed E-state index contributed by atoms with van der Waals surface area (Å²) in [4.78, 5) is 2.75. The fourth-order valence-electron chi connectivity index (χ4n) is 2.59. The molecule has 2 aliphatic rings. The molecule has 13 heavy (non-hydrogen) atoms. The Balaban J connectivity index is 1.91. The molecule has 1 heterocycles. The second-order valence-electron chi connectivity index (χ2n) is 4.55. The lowest BCUT2D eigenvalue weighted by molar-refractivity contribution is 0.182. The lowest BCUT2D eigenvalue weighted by Gasteiger charge is -2.29. The first-order valence-electron chi connectivity index (χ1n) is 5.87. The highest BCUT2D eigenvalue weighted by Crippen LogP contribution is 2.32. The molecule has 0 spiro atoms. The molecule has 0 aromatic carbocycles. The van der Waals surface area contributed by atoms with E-state index in [4.69, 9.17) is 5.73 Å². The van der Waals surface area contributed by atoms with Gasteiger partial charge >= 0.3 is 0 Å². The van der Waals surface area contributed by atoms with Crippen LogP contribution >= 0.6 is 0 Å². The summed E-state index contributed by atoms with van der Waals surface area (Å²) in [6.07, 6.45) is 9.78. The van der Waals surface area contributed by atoms with E-state index in [2.05, 4.69) is 4.90 Å². The fraction of sp³-hybridized carbons (Fsp3) is 1.00. The van der Waals surface area contributed by atoms with Gasteiger partial charge in [0, 0.05) is 12.1 Å². The van der Waals surface area contributed by atoms with Crippen molar-refractivity contribution in [2.24, 2.45) is 5.73 Å². The van der Waals surface area contributed by atoms with E-state index in [0.29, 0.717) is 0 Å². The van der Waals surface area contributed by atoms with Gasteiger partial charge < -0.3 is 5.73 Å². The van der Waals surface area contributed by atoms with E-state index >= 15 is 0 Å². The number of rotatable bonds is 3. The van der Waals surface area contributed by atoms with Gasteiger partial charge in [0.2, 0.25) is 0 Å². The van der Waals surface area contributed by atoms with Crippen LogP contribution in [0.4, 0.5) is 0 Å². The summed E-state index contributed by atoms with van der Waals surface area (Å²) < 4.78 is 0. The topological polar surface area (TPSA) is 29.3 Å². The van der Waals surface area contributed by atoms with Crippen LogP contribution in [0.1, 0.15) is 44.9 Å². The van der Waals surface area contributed by atoms with Crippen LogP contribution in [0.3, 0.4) is 0 Å². The predicted molar refractivity (Wildman–Crippen MR) is 55.7 cm³/mol. The summed E-state index contributed by atoms with van der Waals surface area (Å²) in [5.41, 5.74) is 5.67. The largest absolute Gasteiger partial charge is 0.330 e. The van der Waals surface area contributed by atoms with Crippen LogP contribution in [0.15, 0.2) is 0 Å². The van der Waals surface area contributed by atoms with Crippen molar-refractivity contribution in [1.29, 1.82) is 0 Å². The Labute approximate surface area is 81.5 Å². The molecule has 0 radical (unpaired) electrons. The molecule has 2 heteroatoms. The third-order valence-electron chi connectivity index (χ3n) is 3.44. The zero-order chi connectivity index (χ0) is 9.10. The second kappa shape index (κ2) is 4.43. The zero-order valence-corrected chi connectivity index (χ0v) is 8.54. The lowest BCUT2D eigenvalue weighted by Crippen LogP contribution is -2.38. The monoisotopic (exact) mass is 182 g/mol. The number of nitrogens with zero attached hydrogens (tertiary/aromatic N) is 1. The molecular formula is C11H22N2. The Morgan fingerprint density at radius 3 is 2.62 bits per heavy atom. The first-order chi connectivity index (χ1) is 6.42. The quantitative estimate of drug-likeness (QED) is 0.720. The molecule has 0 amide bonds. The Morgan fingerprint density at radius 1 is 1.08 bits per heavy atom. The van der Waals surface area contributed by atoms with Crippen LogP contribution in [0, 0.1) is 0 Å². The van der Waals surface area contributed by atoms with Gasteiger partial charge in [-0.2, -0.15) is 0 Å². The Morgan fingerprint density at radius 2 is 1.92 bits per heavy atom. The van der Waals surface area contributed by atoms with Gasteiger partial charge in [-0.05, 0) is 45.2 Å². The maximum atomic E-state index is 5.67. The van der Waals surface area contributed by atoms with E-state index in [1.54, 1.807) is 0 Å². The molecule has 2 N–H and O–H groups in total. The molecule has 1 saturated carbocycles. The van der Waals surface area contributed by atoms with Crippen LogP contribution in [0.25, 0.3) is 0 Å². The molecule has 0 aromatic heterocycles. The fourth-order valence-corrected chi connectivity index (χ4v) is 2.59. The molecule has 1 aliphatic heterocycles. The standard InChI is InChI=1S/C11H22N2/c12-8-7-10-4-2-1-3-9-13(10)11-5-6-11/h10-11H,1-9,12H2. The molecule has 1 saturated heterocycles. The van der Waals surface area contributed by atoms with Gasteiger partial charge in [0.05, 0.1) is 0 Å². The summed E-state index contributed by atoms with van der Waals surface area (Å²) in [6, 6.07) is 1.76. The molecule has 2 fully saturated rings. The molecular weight excluding hydrogens is 160 g/mol. The first kappa shape index (κ1) is 9.47. The maximum absolute atomic E-state index is 5.67. The van der Waals surface area contributed by atoms with E-state index in [-0.39, 0.29) is 0 Å². The second-order valence-corrected chi connectivity index (χ2v) is 4.55. The molecule has 1 atom stereocenters. The van der Waals surface area contributed by atoms with Crippen molar-refractivity contribution in [3.63, 3.8) is 0 Å². The van der Waals surface area contributed by atoms with Gasteiger partial charge in [0.15, 0.2) is 0 Å². The Kier molecular flexibility index (Phi) is 3.23. The third-order valence-corrected chi connectivity index (χ3v) is 3.44. The average molecular weight is 182 g/mol. The van der Waals surface area contributed by atoms with Gasteiger partial charge in [-0.1, -0.05) is 12.8 Å². The van der Waals surface area contributed by atoms with Crippen LogP contribution < -0.4 is 5.73 Å². The highest BCUT2D eigenvalue weighted by molar-refractivity contribution is 4.89. The van der Waals surface area contributed by atoms with Crippen molar-refractivity contribution in [2.45, 2.75) is 57.0 Å². The summed E-state index contributed by atoms with van der Waals surface area (Å²) >= 11 is 0. The van der Waals surface area contributed by atoms with E-state index < -0.39 is 0 Å². The Bertz CT molecular complexity index is 154. The van der Waals surface area contributed by atoms with Crippen molar-refractivity contribution >= 4 is 0 Å². The Hall–Kier alpha value is -0.0800. The molecule has 1 unspecified atom stereocenters. The highest BCUT2D eigenvalue weighted by Gasteiger charge is 2.33. The number of hydrogen-bond acceptors (Lipinski definition) is 2. The van der Waals surface area contributed by atoms with E-state index in [1.807, 2.05) is 0 Å². The van der Waals surface area contributed by atoms with E-state index in [0.717, 1.165) is 18.6 Å². The number of likely N-dealkylation sites (tertiary alicyclic amines) is 1. The summed E-state index contributed by atoms with van der Waals surface area (Å²) in [7, 11) is 0. The molecule has 2 nitrogen and oxygen atoms in total. The number of hydrogen-bond donors (Lipinski definition) is 1. The van der Waals surface area contributed by atoms with Gasteiger partial charge in [-0.3, -0.25) is 4.90 Å². The van der Waals surface area contributed by atoms with Crippen molar-refractivity contribution in [3.8, 4) is 0 Å². The van der Waals surface area contributed by atoms with Gasteiger partial charge in [0.25, 0.3) is 0 Å². The zero-order valence-electron chi connectivity index (χ0n) is 8.54. The molecule has 1 aliphatic carbocycles. The summed E-state index contributed by atoms with van der Waals surface area (Å²) in [5.74, 6) is 0. The van der Waals surface area contributed by atoms with E-state index in [1.165, 1.54) is 51.5 Å². The summed E-state index contributed by atoms with van der Waals surface area (Å²) in [5, 5.41) is 0. The average Bonchev–Trinajstić information content (AvgIpc) is 2.88. The predicted octanol–water partition coefficient (Wildman–Crippen LogP) is 1.74. The van der Waals surface area contributed by atoms with Crippen LogP contribution in [0.5, 0.6) is 0 Å². The van der Waals surface area contributed by atoms with Crippen LogP contribution in [-0.4, -0.2) is 30.1 Å². The van der Waals surface area contributed by atoms with Crippen molar-refractivity contribution < 1.29 is 0 Å². The van der Waals surface area contributed by atoms with Crippen molar-refractivity contribution in [2.75, 3.05) is 13.1 Å². The lowest BCUT2D eigenvalue weighted by atomic mass is 10.1. The van der Waals surface area contributed by atoms with Gasteiger partial charge in [0.1, 0.15) is 0 Å². The van der Waals surface area contributed by atoms with Gasteiger partial charge in [-0.15, -0.1) is 0 Å². The normalized spacial score (nSPS) is 31.6. The number of nitrogens with two attached hydrogens (primary N) is 1. The van der Waals surface area contributed by atoms with Crippen molar-refractivity contribution in [1.82, 2.24) is 4.90 Å². The minimum Gasteiger partial charge on any atom is -0.330 e. The van der Waals surface area contributed by atoms with Gasteiger partial charge in [-0.25, -0.2) is 0 Å². The molecule has 76 valence electrons. The maximum Gasteiger partial charge on any atom is 0.0110 e. The first-order valence-corrected chi connectivity index (χ1v) is 5.87. The summed E-state index contributed by atoms with van der Waals surface area (Å²) in [6.45, 7) is 2.21. The van der Waals surface area contributed by atoms with Crippen LogP contribution in [-0.2, 0) is 0 Å². The smallest absolute Gasteiger partial charge is 0.0110 e. The highest BCUT2D eigenvalue weighted by atomic mass is 15.2. The minimum absolute atomic E-state index is 0.819. The molecule has 2 rings (SSSR count). The van der Waals surface area contributed by atoms with E-state index in [9.17, 15) is 0 Å². The molecule has 0 bridgehead atoms. The van der Waals surface area contributed by atoms with Crippen LogP contribution in [0.2, 0.25) is 0 Å². The third kappa shape index (κ3) is 2.44. The van der Waals surface area contributed by atoms with Crippen molar-refractivity contribution in [3.05, 3.63) is 0 Å². The minimum atomic E-state index is 0.819. The molecule has 0 aromatic rings.